The number of aryl methyl sites for hydroxylation is 1. The van der Waals surface area contributed by atoms with Gasteiger partial charge in [0, 0.05) is 12.4 Å². The molecule has 0 saturated heterocycles. The minimum absolute atomic E-state index is 0.0703. The van der Waals surface area contributed by atoms with E-state index in [9.17, 15) is 9.18 Å². The van der Waals surface area contributed by atoms with E-state index < -0.39 is 11.7 Å². The molecule has 1 unspecified atom stereocenters. The lowest BCUT2D eigenvalue weighted by Gasteiger charge is -2.14. The van der Waals surface area contributed by atoms with Crippen molar-refractivity contribution in [2.45, 2.75) is 19.9 Å². The summed E-state index contributed by atoms with van der Waals surface area (Å²) in [7, 11) is 0. The number of carbonyl (C=O) groups excluding carboxylic acids is 1. The van der Waals surface area contributed by atoms with Gasteiger partial charge in [0.1, 0.15) is 5.82 Å². The van der Waals surface area contributed by atoms with E-state index in [1.54, 1.807) is 31.5 Å². The average molecular weight is 258 g/mol. The molecule has 3 nitrogen and oxygen atoms in total. The Balaban J connectivity index is 2.16. The predicted octanol–water partition coefficient (Wildman–Crippen LogP) is 3.02. The van der Waals surface area contributed by atoms with Crippen molar-refractivity contribution in [3.05, 3.63) is 65.2 Å². The fourth-order valence-electron chi connectivity index (χ4n) is 1.83. The minimum Gasteiger partial charge on any atom is -0.345 e. The molecule has 2 aromatic rings. The molecule has 98 valence electrons. The van der Waals surface area contributed by atoms with Crippen LogP contribution in [0.25, 0.3) is 0 Å². The lowest BCUT2D eigenvalue weighted by atomic mass is 10.1. The van der Waals surface area contributed by atoms with Crippen LogP contribution in [0.4, 0.5) is 4.39 Å². The van der Waals surface area contributed by atoms with Crippen LogP contribution in [-0.2, 0) is 0 Å². The number of nitrogens with one attached hydrogen (secondary N) is 1. The van der Waals surface area contributed by atoms with E-state index in [1.165, 1.54) is 6.07 Å². The van der Waals surface area contributed by atoms with E-state index in [1.807, 2.05) is 19.1 Å². The fourth-order valence-corrected chi connectivity index (χ4v) is 1.83. The molecule has 0 bridgehead atoms. The summed E-state index contributed by atoms with van der Waals surface area (Å²) in [6, 6.07) is 8.23. The summed E-state index contributed by atoms with van der Waals surface area (Å²) in [5.41, 5.74) is 1.46. The second kappa shape index (κ2) is 5.61. The second-order valence-corrected chi connectivity index (χ2v) is 4.41. The Labute approximate surface area is 111 Å². The van der Waals surface area contributed by atoms with Gasteiger partial charge in [-0.3, -0.25) is 9.78 Å². The molecule has 0 radical (unpaired) electrons. The van der Waals surface area contributed by atoms with Gasteiger partial charge in [-0.05, 0) is 43.2 Å². The Morgan fingerprint density at radius 2 is 1.95 bits per heavy atom. The van der Waals surface area contributed by atoms with Gasteiger partial charge in [-0.15, -0.1) is 0 Å². The number of aromatic nitrogens is 1. The van der Waals surface area contributed by atoms with Crippen LogP contribution in [0, 0.1) is 12.7 Å². The van der Waals surface area contributed by atoms with Crippen LogP contribution in [0.1, 0.15) is 34.5 Å². The van der Waals surface area contributed by atoms with Gasteiger partial charge in [-0.1, -0.05) is 12.1 Å². The van der Waals surface area contributed by atoms with E-state index in [4.69, 9.17) is 0 Å². The van der Waals surface area contributed by atoms with Gasteiger partial charge in [0.2, 0.25) is 0 Å². The molecular formula is C15H15FN2O. The van der Waals surface area contributed by atoms with Crippen LogP contribution < -0.4 is 5.32 Å². The van der Waals surface area contributed by atoms with E-state index in [0.29, 0.717) is 5.56 Å². The highest BCUT2D eigenvalue weighted by Crippen LogP contribution is 2.15. The maximum absolute atomic E-state index is 13.8. The summed E-state index contributed by atoms with van der Waals surface area (Å²) in [6.45, 7) is 3.49. The maximum Gasteiger partial charge on any atom is 0.254 e. The Kier molecular flexibility index (Phi) is 3.90. The van der Waals surface area contributed by atoms with Gasteiger partial charge in [0.25, 0.3) is 5.91 Å². The molecule has 1 heterocycles. The SMILES string of the molecule is Cc1cccc(C(=O)NC(C)c2ccncc2)c1F. The highest BCUT2D eigenvalue weighted by atomic mass is 19.1. The topological polar surface area (TPSA) is 42.0 Å². The molecule has 0 aliphatic carbocycles. The molecule has 19 heavy (non-hydrogen) atoms. The smallest absolute Gasteiger partial charge is 0.254 e. The normalized spacial score (nSPS) is 11.9. The summed E-state index contributed by atoms with van der Waals surface area (Å²) in [5.74, 6) is -0.882. The van der Waals surface area contributed by atoms with Crippen molar-refractivity contribution in [1.29, 1.82) is 0 Å². The van der Waals surface area contributed by atoms with Crippen LogP contribution in [0.3, 0.4) is 0 Å². The number of amides is 1. The minimum atomic E-state index is -0.470. The Hall–Kier alpha value is -2.23. The maximum atomic E-state index is 13.8. The zero-order valence-electron chi connectivity index (χ0n) is 10.9. The quantitative estimate of drug-likeness (QED) is 0.919. The van der Waals surface area contributed by atoms with Crippen LogP contribution >= 0.6 is 0 Å². The lowest BCUT2D eigenvalue weighted by molar-refractivity contribution is 0.0935. The first-order valence-corrected chi connectivity index (χ1v) is 6.05. The third-order valence-electron chi connectivity index (χ3n) is 2.99. The lowest BCUT2D eigenvalue weighted by Crippen LogP contribution is -2.27. The highest BCUT2D eigenvalue weighted by Gasteiger charge is 2.15. The number of pyridine rings is 1. The molecule has 0 aliphatic heterocycles. The molecule has 1 aromatic heterocycles. The third kappa shape index (κ3) is 2.96. The summed E-state index contributed by atoms with van der Waals surface area (Å²) in [6.07, 6.45) is 3.32. The van der Waals surface area contributed by atoms with Crippen molar-refractivity contribution in [2.75, 3.05) is 0 Å². The molecule has 1 aromatic carbocycles. The van der Waals surface area contributed by atoms with E-state index >= 15 is 0 Å². The monoisotopic (exact) mass is 258 g/mol. The van der Waals surface area contributed by atoms with E-state index in [-0.39, 0.29) is 11.6 Å². The Bertz CT molecular complexity index is 584. The zero-order chi connectivity index (χ0) is 13.8. The summed E-state index contributed by atoms with van der Waals surface area (Å²) in [4.78, 5) is 16.0. The molecule has 0 saturated carbocycles. The average Bonchev–Trinajstić information content (AvgIpc) is 2.42. The Morgan fingerprint density at radius 3 is 2.63 bits per heavy atom. The molecule has 4 heteroatoms. The van der Waals surface area contributed by atoms with Crippen molar-refractivity contribution in [3.63, 3.8) is 0 Å². The number of benzene rings is 1. The Morgan fingerprint density at radius 1 is 1.26 bits per heavy atom. The van der Waals surface area contributed by atoms with Crippen molar-refractivity contribution >= 4 is 5.91 Å². The predicted molar refractivity (Wildman–Crippen MR) is 71.3 cm³/mol. The number of carbonyl (C=O) groups is 1. The van der Waals surface area contributed by atoms with Crippen LogP contribution in [0.2, 0.25) is 0 Å². The van der Waals surface area contributed by atoms with Gasteiger partial charge < -0.3 is 5.32 Å². The molecule has 0 fully saturated rings. The van der Waals surface area contributed by atoms with Gasteiger partial charge in [-0.2, -0.15) is 0 Å². The van der Waals surface area contributed by atoms with Crippen LogP contribution in [0.15, 0.2) is 42.7 Å². The zero-order valence-corrected chi connectivity index (χ0v) is 10.9. The van der Waals surface area contributed by atoms with Gasteiger partial charge in [0.05, 0.1) is 11.6 Å². The number of rotatable bonds is 3. The summed E-state index contributed by atoms with van der Waals surface area (Å²) < 4.78 is 13.8. The molecule has 0 aliphatic rings. The van der Waals surface area contributed by atoms with E-state index in [0.717, 1.165) is 5.56 Å². The molecule has 0 spiro atoms. The van der Waals surface area contributed by atoms with Crippen molar-refractivity contribution < 1.29 is 9.18 Å². The number of hydrogen-bond acceptors (Lipinski definition) is 2. The van der Waals surface area contributed by atoms with Gasteiger partial charge in [0.15, 0.2) is 0 Å². The molecule has 1 amide bonds. The largest absolute Gasteiger partial charge is 0.345 e. The number of nitrogens with zero attached hydrogens (tertiary/aromatic N) is 1. The number of halogens is 1. The van der Waals surface area contributed by atoms with Crippen LogP contribution in [0.5, 0.6) is 0 Å². The third-order valence-corrected chi connectivity index (χ3v) is 2.99. The van der Waals surface area contributed by atoms with Gasteiger partial charge >= 0.3 is 0 Å². The first-order chi connectivity index (χ1) is 9.09. The molecule has 1 N–H and O–H groups in total. The summed E-state index contributed by atoms with van der Waals surface area (Å²) in [5, 5.41) is 2.77. The second-order valence-electron chi connectivity index (χ2n) is 4.41. The summed E-state index contributed by atoms with van der Waals surface area (Å²) >= 11 is 0. The number of hydrogen-bond donors (Lipinski definition) is 1. The van der Waals surface area contributed by atoms with E-state index in [2.05, 4.69) is 10.3 Å². The molecular weight excluding hydrogens is 243 g/mol. The molecule has 1 atom stereocenters. The first-order valence-electron chi connectivity index (χ1n) is 6.05. The standard InChI is InChI=1S/C15H15FN2O/c1-10-4-3-5-13(14(10)16)15(19)18-11(2)12-6-8-17-9-7-12/h3-9,11H,1-2H3,(H,18,19). The van der Waals surface area contributed by atoms with Crippen molar-refractivity contribution in [1.82, 2.24) is 10.3 Å². The van der Waals surface area contributed by atoms with Crippen molar-refractivity contribution in [2.24, 2.45) is 0 Å². The highest BCUT2D eigenvalue weighted by molar-refractivity contribution is 5.94. The fraction of sp³-hybridized carbons (Fsp3) is 0.200. The van der Waals surface area contributed by atoms with Gasteiger partial charge in [-0.25, -0.2) is 4.39 Å². The van der Waals surface area contributed by atoms with Crippen LogP contribution in [-0.4, -0.2) is 10.9 Å². The first kappa shape index (κ1) is 13.2. The van der Waals surface area contributed by atoms with Crippen molar-refractivity contribution in [3.8, 4) is 0 Å². The molecule has 2 rings (SSSR count).